The summed E-state index contributed by atoms with van der Waals surface area (Å²) in [7, 11) is 0. The normalized spacial score (nSPS) is 10.0. The number of amides is 1. The summed E-state index contributed by atoms with van der Waals surface area (Å²) >= 11 is 0. The lowest BCUT2D eigenvalue weighted by Crippen LogP contribution is -2.20. The van der Waals surface area contributed by atoms with Crippen molar-refractivity contribution < 1.29 is 13.9 Å². The maximum Gasteiger partial charge on any atom is 0.262 e. The Morgan fingerprint density at radius 3 is 2.63 bits per heavy atom. The summed E-state index contributed by atoms with van der Waals surface area (Å²) in [6.45, 7) is 1.42. The Morgan fingerprint density at radius 2 is 1.89 bits per heavy atom. The number of carbonyl (C=O) groups excluding carboxylic acids is 1. The topological polar surface area (TPSA) is 38.3 Å². The van der Waals surface area contributed by atoms with Crippen molar-refractivity contribution >= 4 is 11.6 Å². The molecular formula is C15H14FNO2. The zero-order valence-electron chi connectivity index (χ0n) is 10.5. The van der Waals surface area contributed by atoms with E-state index in [9.17, 15) is 9.18 Å². The van der Waals surface area contributed by atoms with E-state index in [-0.39, 0.29) is 18.3 Å². The Labute approximate surface area is 111 Å². The van der Waals surface area contributed by atoms with E-state index < -0.39 is 5.82 Å². The first-order valence-electron chi connectivity index (χ1n) is 5.89. The van der Waals surface area contributed by atoms with E-state index in [2.05, 4.69) is 5.32 Å². The molecule has 0 aliphatic rings. The number of para-hydroxylation sites is 1. The first-order chi connectivity index (χ1) is 9.16. The molecule has 0 spiro atoms. The van der Waals surface area contributed by atoms with E-state index in [1.807, 2.05) is 18.2 Å². The van der Waals surface area contributed by atoms with Gasteiger partial charge in [-0.1, -0.05) is 30.3 Å². The highest BCUT2D eigenvalue weighted by atomic mass is 19.1. The summed E-state index contributed by atoms with van der Waals surface area (Å²) in [5.41, 5.74) is 1.17. The number of halogens is 1. The van der Waals surface area contributed by atoms with E-state index in [1.165, 1.54) is 6.07 Å². The van der Waals surface area contributed by atoms with Crippen LogP contribution in [0.5, 0.6) is 5.75 Å². The molecule has 0 atom stereocenters. The van der Waals surface area contributed by atoms with Gasteiger partial charge in [0.1, 0.15) is 0 Å². The van der Waals surface area contributed by atoms with Crippen molar-refractivity contribution in [3.8, 4) is 5.75 Å². The zero-order chi connectivity index (χ0) is 13.7. The smallest absolute Gasteiger partial charge is 0.262 e. The minimum atomic E-state index is -0.435. The van der Waals surface area contributed by atoms with Crippen LogP contribution in [-0.4, -0.2) is 12.5 Å². The average molecular weight is 259 g/mol. The Hall–Kier alpha value is -2.36. The highest BCUT2D eigenvalue weighted by Crippen LogP contribution is 2.19. The van der Waals surface area contributed by atoms with Crippen molar-refractivity contribution in [2.45, 2.75) is 6.92 Å². The third kappa shape index (κ3) is 3.55. The van der Waals surface area contributed by atoms with Gasteiger partial charge in [0.25, 0.3) is 5.91 Å². The molecule has 0 heterocycles. The fourth-order valence-electron chi connectivity index (χ4n) is 1.59. The number of benzene rings is 2. The average Bonchev–Trinajstić information content (AvgIpc) is 2.42. The Bertz CT molecular complexity index is 570. The SMILES string of the molecule is Cc1cccc(OCC(=O)Nc2ccccc2)c1F. The highest BCUT2D eigenvalue weighted by Gasteiger charge is 2.08. The maximum atomic E-state index is 13.6. The summed E-state index contributed by atoms with van der Waals surface area (Å²) in [4.78, 5) is 11.6. The molecule has 0 fully saturated rings. The predicted molar refractivity (Wildman–Crippen MR) is 71.7 cm³/mol. The molecule has 1 amide bonds. The molecular weight excluding hydrogens is 245 g/mol. The van der Waals surface area contributed by atoms with Crippen molar-refractivity contribution in [2.75, 3.05) is 11.9 Å². The molecule has 2 aromatic carbocycles. The molecule has 0 aromatic heterocycles. The molecule has 1 N–H and O–H groups in total. The molecule has 19 heavy (non-hydrogen) atoms. The van der Waals surface area contributed by atoms with Gasteiger partial charge >= 0.3 is 0 Å². The van der Waals surface area contributed by atoms with Crippen LogP contribution in [0.3, 0.4) is 0 Å². The van der Waals surface area contributed by atoms with E-state index >= 15 is 0 Å². The van der Waals surface area contributed by atoms with Crippen molar-refractivity contribution in [1.29, 1.82) is 0 Å². The van der Waals surface area contributed by atoms with Crippen molar-refractivity contribution in [3.63, 3.8) is 0 Å². The van der Waals surface area contributed by atoms with Crippen LogP contribution in [-0.2, 0) is 4.79 Å². The first kappa shape index (κ1) is 13.1. The van der Waals surface area contributed by atoms with E-state index in [0.29, 0.717) is 11.3 Å². The fourth-order valence-corrected chi connectivity index (χ4v) is 1.59. The monoisotopic (exact) mass is 259 g/mol. The van der Waals surface area contributed by atoms with Gasteiger partial charge in [0.2, 0.25) is 0 Å². The van der Waals surface area contributed by atoms with Crippen LogP contribution in [0.4, 0.5) is 10.1 Å². The summed E-state index contributed by atoms with van der Waals surface area (Å²) in [5, 5.41) is 2.66. The fraction of sp³-hybridized carbons (Fsp3) is 0.133. The largest absolute Gasteiger partial charge is 0.481 e. The number of hydrogen-bond acceptors (Lipinski definition) is 2. The number of nitrogens with one attached hydrogen (secondary N) is 1. The Balaban J connectivity index is 1.92. The second-order valence-corrected chi connectivity index (χ2v) is 4.09. The van der Waals surface area contributed by atoms with Gasteiger partial charge in [0.15, 0.2) is 18.2 Å². The molecule has 0 unspecified atom stereocenters. The van der Waals surface area contributed by atoms with Gasteiger partial charge in [0.05, 0.1) is 0 Å². The van der Waals surface area contributed by atoms with Gasteiger partial charge in [-0.2, -0.15) is 0 Å². The van der Waals surface area contributed by atoms with Crippen LogP contribution in [0.15, 0.2) is 48.5 Å². The molecule has 98 valence electrons. The molecule has 3 nitrogen and oxygen atoms in total. The minimum Gasteiger partial charge on any atom is -0.481 e. The lowest BCUT2D eigenvalue weighted by molar-refractivity contribution is -0.118. The van der Waals surface area contributed by atoms with Crippen LogP contribution < -0.4 is 10.1 Å². The van der Waals surface area contributed by atoms with Gasteiger partial charge in [-0.25, -0.2) is 4.39 Å². The quantitative estimate of drug-likeness (QED) is 0.916. The second-order valence-electron chi connectivity index (χ2n) is 4.09. The molecule has 0 bridgehead atoms. The van der Waals surface area contributed by atoms with Crippen molar-refractivity contribution in [3.05, 3.63) is 59.9 Å². The van der Waals surface area contributed by atoms with Crippen molar-refractivity contribution in [1.82, 2.24) is 0 Å². The van der Waals surface area contributed by atoms with Crippen LogP contribution in [0, 0.1) is 12.7 Å². The molecule has 2 rings (SSSR count). The van der Waals surface area contributed by atoms with E-state index in [0.717, 1.165) is 0 Å². The minimum absolute atomic E-state index is 0.0863. The molecule has 4 heteroatoms. The first-order valence-corrected chi connectivity index (χ1v) is 5.89. The lowest BCUT2D eigenvalue weighted by Gasteiger charge is -2.09. The number of ether oxygens (including phenoxy) is 1. The third-order valence-electron chi connectivity index (χ3n) is 2.57. The summed E-state index contributed by atoms with van der Waals surface area (Å²) in [6, 6.07) is 13.9. The van der Waals surface area contributed by atoms with Crippen LogP contribution in [0.2, 0.25) is 0 Å². The standard InChI is InChI=1S/C15H14FNO2/c1-11-6-5-9-13(15(11)16)19-10-14(18)17-12-7-3-2-4-8-12/h2-9H,10H2,1H3,(H,17,18). The van der Waals surface area contributed by atoms with E-state index in [1.54, 1.807) is 31.2 Å². The summed E-state index contributed by atoms with van der Waals surface area (Å²) < 4.78 is 18.8. The molecule has 0 radical (unpaired) electrons. The van der Waals surface area contributed by atoms with Gasteiger partial charge in [-0.05, 0) is 30.7 Å². The molecule has 0 aliphatic carbocycles. The summed E-state index contributed by atoms with van der Waals surface area (Å²) in [6.07, 6.45) is 0. The number of rotatable bonds is 4. The van der Waals surface area contributed by atoms with Crippen LogP contribution >= 0.6 is 0 Å². The van der Waals surface area contributed by atoms with Gasteiger partial charge in [0, 0.05) is 5.69 Å². The highest BCUT2D eigenvalue weighted by molar-refractivity contribution is 5.91. The van der Waals surface area contributed by atoms with Crippen LogP contribution in [0.1, 0.15) is 5.56 Å². The third-order valence-corrected chi connectivity index (χ3v) is 2.57. The van der Waals surface area contributed by atoms with Gasteiger partial charge in [-0.3, -0.25) is 4.79 Å². The van der Waals surface area contributed by atoms with Crippen molar-refractivity contribution in [2.24, 2.45) is 0 Å². The molecule has 2 aromatic rings. The van der Waals surface area contributed by atoms with Gasteiger partial charge in [-0.15, -0.1) is 0 Å². The maximum absolute atomic E-state index is 13.6. The molecule has 0 saturated heterocycles. The summed E-state index contributed by atoms with van der Waals surface area (Å²) in [5.74, 6) is -0.676. The molecule has 0 aliphatic heterocycles. The molecule has 0 saturated carbocycles. The zero-order valence-corrected chi connectivity index (χ0v) is 10.5. The second kappa shape index (κ2) is 6.00. The number of aryl methyl sites for hydroxylation is 1. The number of carbonyl (C=O) groups is 1. The van der Waals surface area contributed by atoms with Crippen LogP contribution in [0.25, 0.3) is 0 Å². The number of hydrogen-bond donors (Lipinski definition) is 1. The Morgan fingerprint density at radius 1 is 1.16 bits per heavy atom. The van der Waals surface area contributed by atoms with E-state index in [4.69, 9.17) is 4.74 Å². The lowest BCUT2D eigenvalue weighted by atomic mass is 10.2. The number of anilines is 1. The van der Waals surface area contributed by atoms with Gasteiger partial charge < -0.3 is 10.1 Å². The Kier molecular flexibility index (Phi) is 4.13. The predicted octanol–water partition coefficient (Wildman–Crippen LogP) is 3.15.